The number of benzene rings is 1. The van der Waals surface area contributed by atoms with Crippen molar-refractivity contribution in [3.05, 3.63) is 52.6 Å². The minimum atomic E-state index is -3.07. The summed E-state index contributed by atoms with van der Waals surface area (Å²) in [6.07, 6.45) is 0.634. The molecule has 1 aliphatic carbocycles. The molecule has 0 aromatic heterocycles. The second-order valence-corrected chi connectivity index (χ2v) is 7.50. The number of allylic oxidation sites excluding steroid dienone is 2. The van der Waals surface area contributed by atoms with Crippen LogP contribution in [0.2, 0.25) is 0 Å². The Labute approximate surface area is 160 Å². The number of carbonyl (C=O) groups is 2. The Balaban J connectivity index is 2.23. The summed E-state index contributed by atoms with van der Waals surface area (Å²) >= 11 is 0. The zero-order valence-electron chi connectivity index (χ0n) is 15.8. The Bertz CT molecular complexity index is 888. The number of rotatable bonds is 4. The molecule has 2 N–H and O–H groups in total. The van der Waals surface area contributed by atoms with Crippen LogP contribution in [-0.4, -0.2) is 25.5 Å². The van der Waals surface area contributed by atoms with E-state index in [-0.39, 0.29) is 46.0 Å². The third-order valence-corrected chi connectivity index (χ3v) is 4.81. The average Bonchev–Trinajstić information content (AvgIpc) is 2.59. The summed E-state index contributed by atoms with van der Waals surface area (Å²) in [5.41, 5.74) is 5.97. The number of para-hydroxylation sites is 1. The highest BCUT2D eigenvalue weighted by atomic mass is 19.3. The van der Waals surface area contributed by atoms with Crippen LogP contribution in [0, 0.1) is 5.41 Å². The van der Waals surface area contributed by atoms with Gasteiger partial charge in [-0.2, -0.15) is 8.78 Å². The number of nitrogens with two attached hydrogens (primary N) is 1. The first-order valence-electron chi connectivity index (χ1n) is 8.70. The molecule has 1 aromatic rings. The van der Waals surface area contributed by atoms with Crippen molar-refractivity contribution < 1.29 is 32.6 Å². The number of carbonyl (C=O) groups excluding carboxylic acids is 2. The van der Waals surface area contributed by atoms with E-state index in [1.807, 2.05) is 13.8 Å². The number of hydrogen-bond acceptors (Lipinski definition) is 6. The van der Waals surface area contributed by atoms with E-state index in [9.17, 15) is 18.4 Å². The molecule has 3 rings (SSSR count). The predicted octanol–water partition coefficient (Wildman–Crippen LogP) is 3.39. The minimum Gasteiger partial charge on any atom is -0.465 e. The van der Waals surface area contributed by atoms with Crippen molar-refractivity contribution in [3.8, 4) is 5.75 Å². The maximum atomic E-state index is 13.0. The first kappa shape index (κ1) is 19.9. The molecular formula is C20H21F2NO5. The Morgan fingerprint density at radius 2 is 1.96 bits per heavy atom. The number of Topliss-reactive ketones (excluding diaryl/α,β-unsaturated/α-hetero) is 1. The fourth-order valence-corrected chi connectivity index (χ4v) is 3.73. The second-order valence-electron chi connectivity index (χ2n) is 7.50. The molecule has 1 atom stereocenters. The van der Waals surface area contributed by atoms with Crippen LogP contribution in [-0.2, 0) is 19.1 Å². The summed E-state index contributed by atoms with van der Waals surface area (Å²) < 4.78 is 40.9. The highest BCUT2D eigenvalue weighted by Crippen LogP contribution is 2.49. The normalized spacial score (nSPS) is 21.4. The van der Waals surface area contributed by atoms with Crippen molar-refractivity contribution in [1.82, 2.24) is 0 Å². The van der Waals surface area contributed by atoms with Crippen molar-refractivity contribution >= 4 is 11.8 Å². The van der Waals surface area contributed by atoms with Crippen molar-refractivity contribution in [2.75, 3.05) is 7.11 Å². The zero-order chi connectivity index (χ0) is 20.6. The summed E-state index contributed by atoms with van der Waals surface area (Å²) in [5.74, 6) is -2.09. The highest BCUT2D eigenvalue weighted by molar-refractivity contribution is 6.03. The lowest BCUT2D eigenvalue weighted by molar-refractivity contribution is -0.136. The fraction of sp³-hybridized carbons (Fsp3) is 0.400. The van der Waals surface area contributed by atoms with Crippen molar-refractivity contribution in [2.45, 2.75) is 39.2 Å². The van der Waals surface area contributed by atoms with Crippen molar-refractivity contribution in [3.63, 3.8) is 0 Å². The SMILES string of the molecule is COC(=O)C1=C(N)OC2=C(C(=O)CC(C)(C)C2)C1c1ccccc1OC(F)F. The van der Waals surface area contributed by atoms with Gasteiger partial charge in [0, 0.05) is 24.0 Å². The van der Waals surface area contributed by atoms with E-state index >= 15 is 0 Å². The largest absolute Gasteiger partial charge is 0.465 e. The molecule has 0 saturated carbocycles. The summed E-state index contributed by atoms with van der Waals surface area (Å²) in [6, 6.07) is 5.99. The lowest BCUT2D eigenvalue weighted by Crippen LogP contribution is -2.35. The minimum absolute atomic E-state index is 0.111. The third-order valence-electron chi connectivity index (χ3n) is 4.81. The van der Waals surface area contributed by atoms with Crippen molar-refractivity contribution in [1.29, 1.82) is 0 Å². The quantitative estimate of drug-likeness (QED) is 0.789. The Hall–Kier alpha value is -2.90. The van der Waals surface area contributed by atoms with Gasteiger partial charge in [0.1, 0.15) is 17.1 Å². The molecule has 0 fully saturated rings. The van der Waals surface area contributed by atoms with Crippen LogP contribution in [0.25, 0.3) is 0 Å². The summed E-state index contributed by atoms with van der Waals surface area (Å²) in [4.78, 5) is 25.4. The van der Waals surface area contributed by atoms with E-state index in [0.717, 1.165) is 7.11 Å². The number of alkyl halides is 2. The first-order chi connectivity index (χ1) is 13.1. The molecule has 6 nitrogen and oxygen atoms in total. The summed E-state index contributed by atoms with van der Waals surface area (Å²) in [7, 11) is 1.16. The standard InChI is InChI=1S/C20H21F2NO5/c1-20(2)8-11(24)15-13(9-20)27-17(23)16(18(25)26-3)14(15)10-6-4-5-7-12(10)28-19(21)22/h4-7,14,19H,8-9,23H2,1-3H3. The van der Waals surface area contributed by atoms with Crippen molar-refractivity contribution in [2.24, 2.45) is 11.1 Å². The smallest absolute Gasteiger partial charge is 0.387 e. The van der Waals surface area contributed by atoms with E-state index < -0.39 is 18.5 Å². The van der Waals surface area contributed by atoms with Gasteiger partial charge in [0.05, 0.1) is 13.0 Å². The lowest BCUT2D eigenvalue weighted by Gasteiger charge is -2.38. The van der Waals surface area contributed by atoms with Crippen LogP contribution in [0.5, 0.6) is 5.75 Å². The number of hydrogen-bond donors (Lipinski definition) is 1. The third kappa shape index (κ3) is 3.58. The maximum absolute atomic E-state index is 13.0. The summed E-state index contributed by atoms with van der Waals surface area (Å²) in [6.45, 7) is 0.756. The molecule has 1 aliphatic heterocycles. The van der Waals surface area contributed by atoms with Crippen LogP contribution >= 0.6 is 0 Å². The molecule has 1 heterocycles. The molecule has 0 radical (unpaired) electrons. The topological polar surface area (TPSA) is 87.9 Å². The molecule has 8 heteroatoms. The second kappa shape index (κ2) is 7.26. The van der Waals surface area contributed by atoms with Gasteiger partial charge in [0.25, 0.3) is 0 Å². The van der Waals surface area contributed by atoms with Gasteiger partial charge in [0.15, 0.2) is 5.78 Å². The van der Waals surface area contributed by atoms with Gasteiger partial charge in [-0.25, -0.2) is 4.79 Å². The van der Waals surface area contributed by atoms with Crippen LogP contribution in [0.15, 0.2) is 47.1 Å². The van der Waals surface area contributed by atoms with Crippen LogP contribution < -0.4 is 10.5 Å². The van der Waals surface area contributed by atoms with E-state index in [1.165, 1.54) is 18.2 Å². The van der Waals surface area contributed by atoms with Gasteiger partial charge in [0.2, 0.25) is 5.88 Å². The summed E-state index contributed by atoms with van der Waals surface area (Å²) in [5, 5.41) is 0. The molecular weight excluding hydrogens is 372 g/mol. The molecule has 0 saturated heterocycles. The van der Waals surface area contributed by atoms with Crippen LogP contribution in [0.1, 0.15) is 38.2 Å². The van der Waals surface area contributed by atoms with E-state index in [1.54, 1.807) is 6.07 Å². The molecule has 150 valence electrons. The maximum Gasteiger partial charge on any atom is 0.387 e. The highest BCUT2D eigenvalue weighted by Gasteiger charge is 2.45. The Morgan fingerprint density at radius 1 is 1.29 bits per heavy atom. The van der Waals surface area contributed by atoms with Gasteiger partial charge >= 0.3 is 12.6 Å². The monoisotopic (exact) mass is 393 g/mol. The number of ketones is 1. The Kier molecular flexibility index (Phi) is 5.14. The number of esters is 1. The Morgan fingerprint density at radius 3 is 2.61 bits per heavy atom. The number of ether oxygens (including phenoxy) is 3. The van der Waals surface area contributed by atoms with Crippen LogP contribution in [0.4, 0.5) is 8.78 Å². The van der Waals surface area contributed by atoms with Gasteiger partial charge in [-0.15, -0.1) is 0 Å². The number of halogens is 2. The lowest BCUT2D eigenvalue weighted by atomic mass is 9.70. The molecule has 0 bridgehead atoms. The molecule has 2 aliphatic rings. The van der Waals surface area contributed by atoms with Gasteiger partial charge in [-0.1, -0.05) is 32.0 Å². The molecule has 1 aromatic carbocycles. The number of methoxy groups -OCH3 is 1. The fourth-order valence-electron chi connectivity index (χ4n) is 3.73. The van der Waals surface area contributed by atoms with Gasteiger partial charge < -0.3 is 19.9 Å². The molecule has 0 amide bonds. The van der Waals surface area contributed by atoms with E-state index in [4.69, 9.17) is 15.2 Å². The van der Waals surface area contributed by atoms with Crippen LogP contribution in [0.3, 0.4) is 0 Å². The predicted molar refractivity (Wildman–Crippen MR) is 95.2 cm³/mol. The van der Waals surface area contributed by atoms with E-state index in [0.29, 0.717) is 12.2 Å². The van der Waals surface area contributed by atoms with Gasteiger partial charge in [-0.3, -0.25) is 4.79 Å². The van der Waals surface area contributed by atoms with E-state index in [2.05, 4.69) is 4.74 Å². The molecule has 28 heavy (non-hydrogen) atoms. The average molecular weight is 393 g/mol. The molecule has 0 spiro atoms. The molecule has 1 unspecified atom stereocenters. The first-order valence-corrected chi connectivity index (χ1v) is 8.70. The zero-order valence-corrected chi connectivity index (χ0v) is 15.8. The van der Waals surface area contributed by atoms with Gasteiger partial charge in [-0.05, 0) is 11.5 Å².